The minimum absolute atomic E-state index is 0.153. The average molecular weight is 571 g/mol. The van der Waals surface area contributed by atoms with E-state index in [1.54, 1.807) is 18.5 Å². The van der Waals surface area contributed by atoms with Crippen molar-refractivity contribution in [2.24, 2.45) is 0 Å². The Hall–Kier alpha value is -3.60. The zero-order chi connectivity index (χ0) is 27.7. The van der Waals surface area contributed by atoms with Crippen LogP contribution in [0.3, 0.4) is 0 Å². The number of hydrogen-bond acceptors (Lipinski definition) is 9. The first-order chi connectivity index (χ1) is 18.9. The Morgan fingerprint density at radius 2 is 1.95 bits per heavy atom. The van der Waals surface area contributed by atoms with Gasteiger partial charge in [-0.15, -0.1) is 0 Å². The number of aromatic nitrogens is 3. The molecule has 1 unspecified atom stereocenters. The smallest absolute Gasteiger partial charge is 0.243 e. The van der Waals surface area contributed by atoms with Crippen LogP contribution in [0.4, 0.5) is 17.5 Å². The Labute approximate surface area is 236 Å². The fourth-order valence-electron chi connectivity index (χ4n) is 4.92. The lowest BCUT2D eigenvalue weighted by atomic mass is 9.95. The van der Waals surface area contributed by atoms with Crippen molar-refractivity contribution in [3.8, 4) is 22.8 Å². The molecule has 0 bridgehead atoms. The van der Waals surface area contributed by atoms with Gasteiger partial charge in [0.25, 0.3) is 0 Å². The zero-order valence-electron chi connectivity index (χ0n) is 21.7. The minimum atomic E-state index is -0.291. The number of rotatable bonds is 7. The van der Waals surface area contributed by atoms with E-state index in [1.807, 2.05) is 24.0 Å². The summed E-state index contributed by atoms with van der Waals surface area (Å²) in [6, 6.07) is 4.77. The molecule has 204 valence electrons. The minimum Gasteiger partial charge on any atom is -0.495 e. The van der Waals surface area contributed by atoms with Crippen LogP contribution < -0.4 is 25.0 Å². The molecule has 1 saturated heterocycles. The molecular formula is C27H28Cl2N6O4. The van der Waals surface area contributed by atoms with E-state index in [1.165, 1.54) is 20.3 Å². The van der Waals surface area contributed by atoms with Crippen LogP contribution in [0, 0.1) is 0 Å². The maximum atomic E-state index is 11.9. The van der Waals surface area contributed by atoms with E-state index in [0.717, 1.165) is 16.8 Å². The Bertz CT molecular complexity index is 1390. The van der Waals surface area contributed by atoms with Crippen molar-refractivity contribution in [3.05, 3.63) is 58.9 Å². The highest BCUT2D eigenvalue weighted by atomic mass is 35.5. The van der Waals surface area contributed by atoms with Gasteiger partial charge in [0.15, 0.2) is 0 Å². The van der Waals surface area contributed by atoms with Gasteiger partial charge in [0.2, 0.25) is 11.9 Å². The summed E-state index contributed by atoms with van der Waals surface area (Å²) in [4.78, 5) is 28.1. The van der Waals surface area contributed by atoms with Gasteiger partial charge in [0.05, 0.1) is 50.3 Å². The maximum absolute atomic E-state index is 11.9. The first-order valence-corrected chi connectivity index (χ1v) is 13.1. The Kier molecular flexibility index (Phi) is 7.79. The molecule has 2 aliphatic heterocycles. The monoisotopic (exact) mass is 570 g/mol. The normalized spacial score (nSPS) is 19.9. The Morgan fingerprint density at radius 1 is 1.21 bits per heavy atom. The van der Waals surface area contributed by atoms with Gasteiger partial charge in [-0.3, -0.25) is 4.79 Å². The molecule has 2 aliphatic rings. The molecule has 1 aromatic carbocycles. The van der Waals surface area contributed by atoms with Crippen LogP contribution >= 0.6 is 23.2 Å². The number of halogens is 2. The SMILES string of the molecule is C=CC(=O)N[C@H]1CCOC[C@H]1Nc1ncc2c(n1)-c1cccnc1N(c1c(Cl)c(OC)cc(OC)c1Cl)C2C. The van der Waals surface area contributed by atoms with Gasteiger partial charge in [-0.25, -0.2) is 15.0 Å². The van der Waals surface area contributed by atoms with Crippen LogP contribution in [0.25, 0.3) is 11.3 Å². The topological polar surface area (TPSA) is 111 Å². The van der Waals surface area contributed by atoms with Crippen molar-refractivity contribution in [2.75, 3.05) is 37.7 Å². The summed E-state index contributed by atoms with van der Waals surface area (Å²) in [5.74, 6) is 1.65. The van der Waals surface area contributed by atoms with Crippen molar-refractivity contribution in [2.45, 2.75) is 31.5 Å². The second kappa shape index (κ2) is 11.3. The number of carbonyl (C=O) groups is 1. The standard InChI is InChI=1S/C27H28Cl2N6O4/c1-5-21(36)32-17-8-10-39-13-18(17)33-27-31-12-16-14(2)35(26-15(24(16)34-27)7-6-9-30-26)25-22(28)19(37-3)11-20(38-4)23(25)29/h5-7,9,11-12,14,17-18H,1,8,10,13H2,2-4H3,(H,32,36)(H,31,33,34)/t14?,17-,18+/m0/s1. The van der Waals surface area contributed by atoms with Gasteiger partial charge < -0.3 is 29.7 Å². The van der Waals surface area contributed by atoms with Crippen LogP contribution in [0.1, 0.15) is 24.9 Å². The molecule has 1 amide bonds. The molecule has 5 rings (SSSR count). The third kappa shape index (κ3) is 4.95. The van der Waals surface area contributed by atoms with E-state index in [-0.39, 0.29) is 24.0 Å². The largest absolute Gasteiger partial charge is 0.495 e. The van der Waals surface area contributed by atoms with E-state index in [0.29, 0.717) is 58.6 Å². The molecule has 0 aliphatic carbocycles. The number of pyridine rings is 1. The molecule has 4 heterocycles. The number of methoxy groups -OCH3 is 2. The van der Waals surface area contributed by atoms with E-state index in [4.69, 9.17) is 42.4 Å². The number of amides is 1. The van der Waals surface area contributed by atoms with Crippen molar-refractivity contribution in [3.63, 3.8) is 0 Å². The molecule has 10 nitrogen and oxygen atoms in total. The number of nitrogens with one attached hydrogen (secondary N) is 2. The van der Waals surface area contributed by atoms with E-state index < -0.39 is 0 Å². The van der Waals surface area contributed by atoms with Gasteiger partial charge in [-0.05, 0) is 31.6 Å². The zero-order valence-corrected chi connectivity index (χ0v) is 23.2. The van der Waals surface area contributed by atoms with E-state index in [2.05, 4.69) is 27.2 Å². The van der Waals surface area contributed by atoms with Gasteiger partial charge >= 0.3 is 0 Å². The molecule has 0 spiro atoms. The van der Waals surface area contributed by atoms with Crippen molar-refractivity contribution >= 4 is 46.6 Å². The van der Waals surface area contributed by atoms with Crippen LogP contribution in [0.15, 0.2) is 43.2 Å². The molecule has 3 atom stereocenters. The maximum Gasteiger partial charge on any atom is 0.243 e. The summed E-state index contributed by atoms with van der Waals surface area (Å²) in [6.07, 6.45) is 5.40. The summed E-state index contributed by atoms with van der Waals surface area (Å²) >= 11 is 13.6. The van der Waals surface area contributed by atoms with Gasteiger partial charge in [0, 0.05) is 36.2 Å². The summed E-state index contributed by atoms with van der Waals surface area (Å²) in [7, 11) is 3.07. The van der Waals surface area contributed by atoms with Crippen LogP contribution in [-0.2, 0) is 9.53 Å². The number of nitrogens with zero attached hydrogens (tertiary/aromatic N) is 4. The molecular weight excluding hydrogens is 543 g/mol. The third-order valence-electron chi connectivity index (χ3n) is 6.90. The molecule has 3 aromatic rings. The lowest BCUT2D eigenvalue weighted by molar-refractivity contribution is -0.117. The van der Waals surface area contributed by atoms with Crippen molar-refractivity contribution in [1.29, 1.82) is 0 Å². The first kappa shape index (κ1) is 27.0. The second-order valence-electron chi connectivity index (χ2n) is 9.11. The second-order valence-corrected chi connectivity index (χ2v) is 9.87. The average Bonchev–Trinajstić information content (AvgIpc) is 2.95. The fraction of sp³-hybridized carbons (Fsp3) is 0.333. The molecule has 2 aromatic heterocycles. The molecule has 39 heavy (non-hydrogen) atoms. The fourth-order valence-corrected chi connectivity index (χ4v) is 5.61. The predicted octanol–water partition coefficient (Wildman–Crippen LogP) is 4.95. The summed E-state index contributed by atoms with van der Waals surface area (Å²) in [5.41, 5.74) is 2.87. The van der Waals surface area contributed by atoms with Crippen LogP contribution in [0.5, 0.6) is 11.5 Å². The van der Waals surface area contributed by atoms with Crippen molar-refractivity contribution in [1.82, 2.24) is 20.3 Å². The number of carbonyl (C=O) groups excluding carboxylic acids is 1. The molecule has 0 saturated carbocycles. The highest BCUT2D eigenvalue weighted by molar-refractivity contribution is 6.41. The van der Waals surface area contributed by atoms with Crippen LogP contribution in [-0.4, -0.2) is 60.4 Å². The lowest BCUT2D eigenvalue weighted by Crippen LogP contribution is -2.52. The first-order valence-electron chi connectivity index (χ1n) is 12.4. The van der Waals surface area contributed by atoms with Crippen LogP contribution in [0.2, 0.25) is 10.0 Å². The van der Waals surface area contributed by atoms with Gasteiger partial charge in [0.1, 0.15) is 27.4 Å². The number of anilines is 3. The Morgan fingerprint density at radius 3 is 2.64 bits per heavy atom. The lowest BCUT2D eigenvalue weighted by Gasteiger charge is -2.38. The number of ether oxygens (including phenoxy) is 3. The third-order valence-corrected chi connectivity index (χ3v) is 7.63. The number of fused-ring (bicyclic) bond motifs is 3. The molecule has 0 radical (unpaired) electrons. The number of hydrogen-bond donors (Lipinski definition) is 2. The highest BCUT2D eigenvalue weighted by Crippen LogP contribution is 2.54. The quantitative estimate of drug-likeness (QED) is 0.381. The van der Waals surface area contributed by atoms with Gasteiger partial charge in [-0.2, -0.15) is 0 Å². The predicted molar refractivity (Wildman–Crippen MR) is 150 cm³/mol. The van der Waals surface area contributed by atoms with Gasteiger partial charge in [-0.1, -0.05) is 29.8 Å². The summed E-state index contributed by atoms with van der Waals surface area (Å²) in [6.45, 7) is 6.50. The summed E-state index contributed by atoms with van der Waals surface area (Å²) < 4.78 is 16.7. The van der Waals surface area contributed by atoms with E-state index >= 15 is 0 Å². The summed E-state index contributed by atoms with van der Waals surface area (Å²) in [5, 5.41) is 6.97. The van der Waals surface area contributed by atoms with Crippen molar-refractivity contribution < 1.29 is 19.0 Å². The molecule has 12 heteroatoms. The van der Waals surface area contributed by atoms with E-state index in [9.17, 15) is 4.79 Å². The Balaban J connectivity index is 1.55. The number of benzene rings is 1. The molecule has 2 N–H and O–H groups in total. The highest BCUT2D eigenvalue weighted by Gasteiger charge is 2.36. The molecule has 1 fully saturated rings.